The number of alkyl halides is 4. The van der Waals surface area contributed by atoms with E-state index in [-0.39, 0.29) is 24.7 Å². The van der Waals surface area contributed by atoms with Crippen LogP contribution in [-0.2, 0) is 10.1 Å². The summed E-state index contributed by atoms with van der Waals surface area (Å²) >= 11 is 3.35. The lowest BCUT2D eigenvalue weighted by atomic mass is 9.81. The van der Waals surface area contributed by atoms with Crippen molar-refractivity contribution in [1.29, 1.82) is 0 Å². The minimum absolute atomic E-state index is 0.0433. The number of carbonyl (C=O) groups is 1. The van der Waals surface area contributed by atoms with Crippen molar-refractivity contribution < 1.29 is 18.0 Å². The van der Waals surface area contributed by atoms with E-state index >= 15 is 0 Å². The van der Waals surface area contributed by atoms with Gasteiger partial charge in [0.05, 0.1) is 5.92 Å². The van der Waals surface area contributed by atoms with Crippen LogP contribution in [0, 0.1) is 11.8 Å². The van der Waals surface area contributed by atoms with Gasteiger partial charge >= 0.3 is 6.18 Å². The summed E-state index contributed by atoms with van der Waals surface area (Å²) in [5.41, 5.74) is 1.67. The number of hydrogen-bond donors (Lipinski definition) is 1. The summed E-state index contributed by atoms with van der Waals surface area (Å²) in [5.74, 6) is -1.76. The zero-order chi connectivity index (χ0) is 15.5. The molecule has 1 aromatic rings. The molecule has 1 amide bonds. The topological polar surface area (TPSA) is 29.1 Å². The number of amides is 1. The number of anilines is 1. The Balaban J connectivity index is 1.94. The molecule has 2 rings (SSSR count). The van der Waals surface area contributed by atoms with Gasteiger partial charge in [0, 0.05) is 16.9 Å². The Bertz CT molecular complexity index is 496. The summed E-state index contributed by atoms with van der Waals surface area (Å²) in [5, 5.41) is 3.45. The van der Waals surface area contributed by atoms with Crippen molar-refractivity contribution in [3.05, 3.63) is 29.8 Å². The second-order valence-electron chi connectivity index (χ2n) is 5.37. The van der Waals surface area contributed by atoms with Crippen LogP contribution in [0.4, 0.5) is 18.9 Å². The van der Waals surface area contributed by atoms with Crippen LogP contribution >= 0.6 is 15.9 Å². The summed E-state index contributed by atoms with van der Waals surface area (Å²) in [4.78, 5) is 12.2. The molecule has 116 valence electrons. The predicted molar refractivity (Wildman–Crippen MR) is 79.2 cm³/mol. The lowest BCUT2D eigenvalue weighted by molar-refractivity contribution is -0.184. The van der Waals surface area contributed by atoms with Gasteiger partial charge in [-0.05, 0) is 37.3 Å². The van der Waals surface area contributed by atoms with Gasteiger partial charge in [-0.3, -0.25) is 4.79 Å². The lowest BCUT2D eigenvalue weighted by Crippen LogP contribution is -2.32. The third kappa shape index (κ3) is 4.22. The molecule has 0 saturated heterocycles. The molecule has 0 radical (unpaired) electrons. The van der Waals surface area contributed by atoms with E-state index in [4.69, 9.17) is 0 Å². The minimum Gasteiger partial charge on any atom is -0.326 e. The number of benzene rings is 1. The normalized spacial score (nSPS) is 22.9. The van der Waals surface area contributed by atoms with Crippen LogP contribution in [0.5, 0.6) is 0 Å². The summed E-state index contributed by atoms with van der Waals surface area (Å²) in [7, 11) is 0. The van der Waals surface area contributed by atoms with Crippen molar-refractivity contribution in [2.75, 3.05) is 5.32 Å². The van der Waals surface area contributed by atoms with Crippen molar-refractivity contribution in [3.8, 4) is 0 Å². The number of hydrogen-bond acceptors (Lipinski definition) is 1. The molecule has 21 heavy (non-hydrogen) atoms. The smallest absolute Gasteiger partial charge is 0.326 e. The minimum atomic E-state index is -4.13. The molecule has 6 heteroatoms. The van der Waals surface area contributed by atoms with Crippen LogP contribution in [0.1, 0.15) is 31.2 Å². The average molecular weight is 364 g/mol. The molecular weight excluding hydrogens is 347 g/mol. The number of rotatable bonds is 3. The first-order chi connectivity index (χ1) is 9.91. The Labute approximate surface area is 130 Å². The molecule has 1 aliphatic carbocycles. The molecular formula is C15H17BrF3NO. The third-order valence-corrected chi connectivity index (χ3v) is 4.58. The Morgan fingerprint density at radius 3 is 2.38 bits per heavy atom. The standard InChI is InChI=1S/C15H17BrF3NO/c16-9-11-3-1-2-4-13(11)20-14(21)10-5-7-12(8-6-10)15(17,18)19/h1-4,10,12H,5-9H2,(H,20,21). The summed E-state index contributed by atoms with van der Waals surface area (Å²) < 4.78 is 37.8. The number of nitrogens with one attached hydrogen (secondary N) is 1. The number of carbonyl (C=O) groups excluding carboxylic acids is 1. The molecule has 0 heterocycles. The van der Waals surface area contributed by atoms with Gasteiger partial charge in [-0.15, -0.1) is 0 Å². The molecule has 0 aliphatic heterocycles. The molecule has 0 unspecified atom stereocenters. The highest BCUT2D eigenvalue weighted by Crippen LogP contribution is 2.39. The molecule has 2 nitrogen and oxygen atoms in total. The van der Waals surface area contributed by atoms with Crippen molar-refractivity contribution >= 4 is 27.5 Å². The SMILES string of the molecule is O=C(Nc1ccccc1CBr)C1CCC(C(F)(F)F)CC1. The fourth-order valence-corrected chi connectivity index (χ4v) is 3.17. The van der Waals surface area contributed by atoms with Crippen LogP contribution in [0.15, 0.2) is 24.3 Å². The number of halogens is 4. The van der Waals surface area contributed by atoms with Crippen molar-refractivity contribution in [1.82, 2.24) is 0 Å². The van der Waals surface area contributed by atoms with Gasteiger partial charge in [-0.1, -0.05) is 34.1 Å². The molecule has 0 aromatic heterocycles. The molecule has 1 aromatic carbocycles. The zero-order valence-electron chi connectivity index (χ0n) is 11.4. The van der Waals surface area contributed by atoms with Gasteiger partial charge in [-0.2, -0.15) is 13.2 Å². The highest BCUT2D eigenvalue weighted by Gasteiger charge is 2.42. The van der Waals surface area contributed by atoms with Gasteiger partial charge in [0.15, 0.2) is 0 Å². The Morgan fingerprint density at radius 1 is 1.19 bits per heavy atom. The maximum atomic E-state index is 12.6. The Morgan fingerprint density at radius 2 is 1.81 bits per heavy atom. The van der Waals surface area contributed by atoms with Crippen molar-refractivity contribution in [2.45, 2.75) is 37.2 Å². The molecule has 0 spiro atoms. The van der Waals surface area contributed by atoms with Gasteiger partial charge in [0.25, 0.3) is 0 Å². The van der Waals surface area contributed by atoms with Crippen molar-refractivity contribution in [2.24, 2.45) is 11.8 Å². The maximum Gasteiger partial charge on any atom is 0.391 e. The van der Waals surface area contributed by atoms with Crippen molar-refractivity contribution in [3.63, 3.8) is 0 Å². The van der Waals surface area contributed by atoms with Gasteiger partial charge < -0.3 is 5.32 Å². The Kier molecular flexibility index (Phi) is 5.30. The van der Waals surface area contributed by atoms with Gasteiger partial charge in [0.2, 0.25) is 5.91 Å². The maximum absolute atomic E-state index is 12.6. The molecule has 1 aliphatic rings. The van der Waals surface area contributed by atoms with E-state index in [2.05, 4.69) is 21.2 Å². The first-order valence-electron chi connectivity index (χ1n) is 6.93. The highest BCUT2D eigenvalue weighted by molar-refractivity contribution is 9.08. The summed E-state index contributed by atoms with van der Waals surface area (Å²) in [6, 6.07) is 7.39. The van der Waals surface area contributed by atoms with Crippen LogP contribution in [-0.4, -0.2) is 12.1 Å². The molecule has 0 atom stereocenters. The highest BCUT2D eigenvalue weighted by atomic mass is 79.9. The quantitative estimate of drug-likeness (QED) is 0.761. The first kappa shape index (κ1) is 16.3. The average Bonchev–Trinajstić information content (AvgIpc) is 2.47. The van der Waals surface area contributed by atoms with E-state index < -0.39 is 12.1 Å². The molecule has 0 bridgehead atoms. The van der Waals surface area contributed by atoms with E-state index in [1.54, 1.807) is 6.07 Å². The third-order valence-electron chi connectivity index (χ3n) is 3.98. The molecule has 1 fully saturated rings. The molecule has 1 saturated carbocycles. The van der Waals surface area contributed by atoms with E-state index in [0.717, 1.165) is 11.3 Å². The second-order valence-corrected chi connectivity index (χ2v) is 5.93. The van der Waals surface area contributed by atoms with Crippen LogP contribution < -0.4 is 5.32 Å². The van der Waals surface area contributed by atoms with E-state index in [0.29, 0.717) is 18.2 Å². The zero-order valence-corrected chi connectivity index (χ0v) is 13.0. The monoisotopic (exact) mass is 363 g/mol. The fraction of sp³-hybridized carbons (Fsp3) is 0.533. The van der Waals surface area contributed by atoms with E-state index in [1.165, 1.54) is 0 Å². The van der Waals surface area contributed by atoms with E-state index in [9.17, 15) is 18.0 Å². The van der Waals surface area contributed by atoms with Gasteiger partial charge in [0.1, 0.15) is 0 Å². The summed E-state index contributed by atoms with van der Waals surface area (Å²) in [6.07, 6.45) is -3.45. The summed E-state index contributed by atoms with van der Waals surface area (Å²) in [6.45, 7) is 0. The van der Waals surface area contributed by atoms with E-state index in [1.807, 2.05) is 18.2 Å². The fourth-order valence-electron chi connectivity index (χ4n) is 2.68. The lowest BCUT2D eigenvalue weighted by Gasteiger charge is -2.29. The van der Waals surface area contributed by atoms with Crippen LogP contribution in [0.25, 0.3) is 0 Å². The van der Waals surface area contributed by atoms with Crippen LogP contribution in [0.3, 0.4) is 0 Å². The number of para-hydroxylation sites is 1. The Hall–Kier alpha value is -1.04. The van der Waals surface area contributed by atoms with Crippen LogP contribution in [0.2, 0.25) is 0 Å². The predicted octanol–water partition coefficient (Wildman–Crippen LogP) is 4.89. The molecule has 1 N–H and O–H groups in total. The largest absolute Gasteiger partial charge is 0.391 e. The first-order valence-corrected chi connectivity index (χ1v) is 8.05. The van der Waals surface area contributed by atoms with Gasteiger partial charge in [-0.25, -0.2) is 0 Å². The second kappa shape index (κ2) is 6.81.